The lowest BCUT2D eigenvalue weighted by Crippen LogP contribution is -2.33. The minimum absolute atomic E-state index is 0.0262. The Morgan fingerprint density at radius 2 is 1.42 bits per heavy atom. The van der Waals surface area contributed by atoms with Crippen LogP contribution in [0.2, 0.25) is 5.02 Å². The molecule has 0 aliphatic heterocycles. The van der Waals surface area contributed by atoms with E-state index in [0.717, 1.165) is 31.0 Å². The van der Waals surface area contributed by atoms with Crippen LogP contribution >= 0.6 is 11.6 Å². The molecule has 3 rings (SSSR count). The van der Waals surface area contributed by atoms with Gasteiger partial charge in [-0.3, -0.25) is 4.79 Å². The van der Waals surface area contributed by atoms with Crippen molar-refractivity contribution in [2.75, 3.05) is 24.5 Å². The molecule has 160 valence electrons. The molecule has 0 radical (unpaired) electrons. The van der Waals surface area contributed by atoms with Crippen LogP contribution < -0.4 is 4.90 Å². The molecule has 0 amide bonds. The van der Waals surface area contributed by atoms with Crippen molar-refractivity contribution in [2.45, 2.75) is 20.4 Å². The van der Waals surface area contributed by atoms with Gasteiger partial charge in [-0.2, -0.15) is 0 Å². The second-order valence-electron chi connectivity index (χ2n) is 7.36. The van der Waals surface area contributed by atoms with Crippen molar-refractivity contribution in [1.82, 2.24) is 4.90 Å². The van der Waals surface area contributed by atoms with Crippen molar-refractivity contribution in [3.8, 4) is 0 Å². The first-order valence-electron chi connectivity index (χ1n) is 10.7. The van der Waals surface area contributed by atoms with Crippen LogP contribution in [0.1, 0.15) is 29.8 Å². The third-order valence-electron chi connectivity index (χ3n) is 5.29. The molecule has 0 fully saturated rings. The van der Waals surface area contributed by atoms with Gasteiger partial charge in [0.2, 0.25) is 0 Å². The van der Waals surface area contributed by atoms with Crippen molar-refractivity contribution in [3.63, 3.8) is 0 Å². The zero-order valence-corrected chi connectivity index (χ0v) is 18.9. The molecule has 0 aliphatic rings. The fourth-order valence-corrected chi connectivity index (χ4v) is 3.72. The number of anilines is 1. The fraction of sp³-hybridized carbons (Fsp3) is 0.222. The van der Waals surface area contributed by atoms with Crippen LogP contribution in [0.3, 0.4) is 0 Å². The molecule has 0 saturated heterocycles. The Morgan fingerprint density at radius 3 is 2.00 bits per heavy atom. The van der Waals surface area contributed by atoms with E-state index < -0.39 is 0 Å². The summed E-state index contributed by atoms with van der Waals surface area (Å²) in [5.74, 6) is 0.0262. The van der Waals surface area contributed by atoms with Gasteiger partial charge >= 0.3 is 0 Å². The van der Waals surface area contributed by atoms with Crippen LogP contribution in [0, 0.1) is 0 Å². The molecule has 0 atom stereocenters. The largest absolute Gasteiger partial charge is 0.374 e. The van der Waals surface area contributed by atoms with E-state index in [-0.39, 0.29) is 5.78 Å². The van der Waals surface area contributed by atoms with Crippen LogP contribution in [-0.2, 0) is 6.54 Å². The maximum atomic E-state index is 13.0. The number of carbonyl (C=O) groups excluding carboxylic acids is 1. The average Bonchev–Trinajstić information content (AvgIpc) is 2.81. The first-order chi connectivity index (χ1) is 15.1. The van der Waals surface area contributed by atoms with Gasteiger partial charge < -0.3 is 9.80 Å². The van der Waals surface area contributed by atoms with Crippen LogP contribution in [-0.4, -0.2) is 30.3 Å². The van der Waals surface area contributed by atoms with E-state index in [0.29, 0.717) is 17.1 Å². The Kier molecular flexibility index (Phi) is 8.31. The summed E-state index contributed by atoms with van der Waals surface area (Å²) in [4.78, 5) is 17.5. The molecule has 4 heteroatoms. The molecule has 3 aromatic carbocycles. The molecule has 0 spiro atoms. The van der Waals surface area contributed by atoms with Gasteiger partial charge in [0, 0.05) is 47.7 Å². The number of rotatable bonds is 10. The second kappa shape index (κ2) is 11.4. The van der Waals surface area contributed by atoms with Gasteiger partial charge in [0.15, 0.2) is 5.78 Å². The van der Waals surface area contributed by atoms with Crippen molar-refractivity contribution in [3.05, 3.63) is 113 Å². The molecule has 0 aliphatic carbocycles. The van der Waals surface area contributed by atoms with Gasteiger partial charge in [-0.1, -0.05) is 72.3 Å². The van der Waals surface area contributed by atoms with E-state index in [1.54, 1.807) is 6.08 Å². The number of halogens is 1. The highest BCUT2D eigenvalue weighted by Gasteiger charge is 2.16. The third kappa shape index (κ3) is 6.47. The summed E-state index contributed by atoms with van der Waals surface area (Å²) in [6, 6.07) is 27.7. The Morgan fingerprint density at radius 1 is 0.839 bits per heavy atom. The van der Waals surface area contributed by atoms with Crippen molar-refractivity contribution < 1.29 is 4.79 Å². The van der Waals surface area contributed by atoms with Gasteiger partial charge in [0.1, 0.15) is 0 Å². The molecule has 31 heavy (non-hydrogen) atoms. The van der Waals surface area contributed by atoms with Gasteiger partial charge in [-0.25, -0.2) is 0 Å². The highest BCUT2D eigenvalue weighted by molar-refractivity contribution is 6.30. The fourth-order valence-electron chi connectivity index (χ4n) is 3.59. The Labute approximate surface area is 190 Å². The van der Waals surface area contributed by atoms with E-state index in [9.17, 15) is 4.79 Å². The molecule has 0 N–H and O–H groups in total. The highest BCUT2D eigenvalue weighted by atomic mass is 35.5. The second-order valence-corrected chi connectivity index (χ2v) is 7.79. The van der Waals surface area contributed by atoms with Crippen LogP contribution in [0.15, 0.2) is 96.7 Å². The first kappa shape index (κ1) is 22.6. The van der Waals surface area contributed by atoms with Gasteiger partial charge in [0.25, 0.3) is 0 Å². The molecule has 0 unspecified atom stereocenters. The normalized spacial score (nSPS) is 11.3. The van der Waals surface area contributed by atoms with Crippen molar-refractivity contribution in [2.24, 2.45) is 0 Å². The number of likely N-dealkylation sites (N-methyl/N-ethyl adjacent to an activating group) is 1. The number of benzene rings is 3. The molecule has 3 nitrogen and oxygen atoms in total. The summed E-state index contributed by atoms with van der Waals surface area (Å²) in [7, 11) is 0. The van der Waals surface area contributed by atoms with E-state index in [2.05, 4.69) is 47.9 Å². The number of nitrogens with zero attached hydrogens (tertiary/aromatic N) is 2. The number of hydrogen-bond acceptors (Lipinski definition) is 3. The summed E-state index contributed by atoms with van der Waals surface area (Å²) >= 11 is 6.13. The number of ketones is 1. The number of carbonyl (C=O) groups is 1. The number of hydrogen-bond donors (Lipinski definition) is 0. The van der Waals surface area contributed by atoms with Gasteiger partial charge in [-0.15, -0.1) is 0 Å². The van der Waals surface area contributed by atoms with Gasteiger partial charge in [-0.05, 0) is 43.7 Å². The average molecular weight is 433 g/mol. The summed E-state index contributed by atoms with van der Waals surface area (Å²) < 4.78 is 0. The van der Waals surface area contributed by atoms with Crippen LogP contribution in [0.25, 0.3) is 0 Å². The standard InChI is InChI=1S/C27H29ClN2O/c1-3-29(4-2)26(19-27(31)23-13-9-6-10-14-23)21-30(20-22-11-7-5-8-12-22)25-17-15-24(28)16-18-25/h5-19H,3-4,20-21H2,1-2H3/b26-19-. The van der Waals surface area contributed by atoms with Crippen LogP contribution in [0.5, 0.6) is 0 Å². The maximum absolute atomic E-state index is 13.0. The third-order valence-corrected chi connectivity index (χ3v) is 5.54. The molecular weight excluding hydrogens is 404 g/mol. The predicted octanol–water partition coefficient (Wildman–Crippen LogP) is 6.46. The van der Waals surface area contributed by atoms with Gasteiger partial charge in [0.05, 0.1) is 6.54 Å². The maximum Gasteiger partial charge on any atom is 0.187 e. The van der Waals surface area contributed by atoms with E-state index >= 15 is 0 Å². The predicted molar refractivity (Wildman–Crippen MR) is 131 cm³/mol. The molecule has 0 aromatic heterocycles. The lowest BCUT2D eigenvalue weighted by Gasteiger charge is -2.32. The van der Waals surface area contributed by atoms with Crippen molar-refractivity contribution >= 4 is 23.1 Å². The molecular formula is C27H29ClN2O. The van der Waals surface area contributed by atoms with E-state index in [4.69, 9.17) is 11.6 Å². The monoisotopic (exact) mass is 432 g/mol. The summed E-state index contributed by atoms with van der Waals surface area (Å²) in [5.41, 5.74) is 3.99. The summed E-state index contributed by atoms with van der Waals surface area (Å²) in [6.07, 6.45) is 1.79. The van der Waals surface area contributed by atoms with E-state index in [1.807, 2.05) is 60.7 Å². The lowest BCUT2D eigenvalue weighted by molar-refractivity contribution is 0.104. The first-order valence-corrected chi connectivity index (χ1v) is 11.1. The minimum atomic E-state index is 0.0262. The van der Waals surface area contributed by atoms with E-state index in [1.165, 1.54) is 5.56 Å². The minimum Gasteiger partial charge on any atom is -0.374 e. The molecule has 3 aromatic rings. The zero-order chi connectivity index (χ0) is 22.1. The number of allylic oxidation sites excluding steroid dienone is 1. The Balaban J connectivity index is 1.95. The summed E-state index contributed by atoms with van der Waals surface area (Å²) in [5, 5.41) is 0.710. The molecule has 0 saturated carbocycles. The Bertz CT molecular complexity index is 981. The SMILES string of the molecule is CCN(CC)/C(=C\C(=O)c1ccccc1)CN(Cc1ccccc1)c1ccc(Cl)cc1. The molecule has 0 heterocycles. The van der Waals surface area contributed by atoms with Crippen LogP contribution in [0.4, 0.5) is 5.69 Å². The van der Waals surface area contributed by atoms with Crippen molar-refractivity contribution in [1.29, 1.82) is 0 Å². The summed E-state index contributed by atoms with van der Waals surface area (Å²) in [6.45, 7) is 7.27. The Hall–Kier alpha value is -3.04. The quantitative estimate of drug-likeness (QED) is 0.271. The lowest BCUT2D eigenvalue weighted by atomic mass is 10.1. The smallest absolute Gasteiger partial charge is 0.187 e. The highest BCUT2D eigenvalue weighted by Crippen LogP contribution is 2.22. The molecule has 0 bridgehead atoms. The zero-order valence-electron chi connectivity index (χ0n) is 18.2. The topological polar surface area (TPSA) is 23.6 Å².